The van der Waals surface area contributed by atoms with Gasteiger partial charge in [0.25, 0.3) is 0 Å². The zero-order valence-electron chi connectivity index (χ0n) is 17.3. The zero-order valence-corrected chi connectivity index (χ0v) is 17.3. The lowest BCUT2D eigenvalue weighted by Crippen LogP contribution is -2.46. The average molecular weight is 393 g/mol. The molecule has 0 saturated carbocycles. The first-order valence-electron chi connectivity index (χ1n) is 10.0. The fourth-order valence-electron chi connectivity index (χ4n) is 3.92. The van der Waals surface area contributed by atoms with Gasteiger partial charge in [0.15, 0.2) is 5.82 Å². The number of hydrogen-bond acceptors (Lipinski definition) is 6. The molecule has 0 radical (unpaired) electrons. The van der Waals surface area contributed by atoms with Crippen LogP contribution in [0.3, 0.4) is 0 Å². The first-order valence-corrected chi connectivity index (χ1v) is 10.0. The standard InChI is InChI=1S/C22H28N6O/c1-16-20(17(2)26(3)25-16)14-27-10-12-28(13-11-27)22-21(23-8-9-24-22)19-6-4-18(15-29)5-7-19/h4-9,29H,10-15H2,1-3H3. The van der Waals surface area contributed by atoms with Crippen LogP contribution in [0.2, 0.25) is 0 Å². The van der Waals surface area contributed by atoms with Gasteiger partial charge in [0, 0.05) is 69.0 Å². The highest BCUT2D eigenvalue weighted by Crippen LogP contribution is 2.28. The van der Waals surface area contributed by atoms with Crippen LogP contribution < -0.4 is 4.90 Å². The maximum absolute atomic E-state index is 9.28. The summed E-state index contributed by atoms with van der Waals surface area (Å²) in [6, 6.07) is 7.88. The first kappa shape index (κ1) is 19.5. The molecule has 0 atom stereocenters. The molecule has 0 amide bonds. The van der Waals surface area contributed by atoms with Gasteiger partial charge in [-0.2, -0.15) is 5.10 Å². The predicted molar refractivity (Wildman–Crippen MR) is 114 cm³/mol. The molecule has 1 N–H and O–H groups in total. The smallest absolute Gasteiger partial charge is 0.155 e. The molecule has 1 aliphatic rings. The molecule has 4 rings (SSSR count). The van der Waals surface area contributed by atoms with Crippen LogP contribution in [0, 0.1) is 13.8 Å². The van der Waals surface area contributed by atoms with Gasteiger partial charge in [0.2, 0.25) is 0 Å². The van der Waals surface area contributed by atoms with E-state index in [2.05, 4.69) is 38.7 Å². The second-order valence-electron chi connectivity index (χ2n) is 7.62. The summed E-state index contributed by atoms with van der Waals surface area (Å²) in [4.78, 5) is 14.1. The Labute approximate surface area is 171 Å². The molecule has 29 heavy (non-hydrogen) atoms. The summed E-state index contributed by atoms with van der Waals surface area (Å²) in [5.41, 5.74) is 6.51. The molecule has 7 nitrogen and oxygen atoms in total. The van der Waals surface area contributed by atoms with E-state index in [4.69, 9.17) is 0 Å². The van der Waals surface area contributed by atoms with Crippen molar-refractivity contribution in [1.82, 2.24) is 24.6 Å². The minimum atomic E-state index is 0.0471. The molecule has 0 spiro atoms. The third-order valence-corrected chi connectivity index (χ3v) is 5.80. The number of aromatic nitrogens is 4. The quantitative estimate of drug-likeness (QED) is 0.719. The number of aliphatic hydroxyl groups is 1. The first-order chi connectivity index (χ1) is 14.1. The van der Waals surface area contributed by atoms with E-state index in [1.807, 2.05) is 36.0 Å². The summed E-state index contributed by atoms with van der Waals surface area (Å²) in [6.07, 6.45) is 3.50. The van der Waals surface area contributed by atoms with Crippen LogP contribution in [0.25, 0.3) is 11.3 Å². The van der Waals surface area contributed by atoms with Crippen molar-refractivity contribution in [2.24, 2.45) is 7.05 Å². The van der Waals surface area contributed by atoms with E-state index in [9.17, 15) is 5.11 Å². The fourth-order valence-corrected chi connectivity index (χ4v) is 3.92. The van der Waals surface area contributed by atoms with Gasteiger partial charge in [0.05, 0.1) is 12.3 Å². The van der Waals surface area contributed by atoms with Crippen molar-refractivity contribution in [2.75, 3.05) is 31.1 Å². The summed E-state index contributed by atoms with van der Waals surface area (Å²) in [5.74, 6) is 0.928. The molecule has 3 aromatic rings. The Morgan fingerprint density at radius 1 is 0.966 bits per heavy atom. The van der Waals surface area contributed by atoms with Gasteiger partial charge in [-0.05, 0) is 19.4 Å². The highest BCUT2D eigenvalue weighted by molar-refractivity contribution is 5.72. The molecule has 1 saturated heterocycles. The van der Waals surface area contributed by atoms with Crippen molar-refractivity contribution in [3.63, 3.8) is 0 Å². The van der Waals surface area contributed by atoms with E-state index in [1.54, 1.807) is 12.4 Å². The number of benzene rings is 1. The fraction of sp³-hybridized carbons (Fsp3) is 0.409. The number of aliphatic hydroxyl groups excluding tert-OH is 1. The van der Waals surface area contributed by atoms with E-state index >= 15 is 0 Å². The molecule has 1 aliphatic heterocycles. The molecule has 1 aromatic carbocycles. The number of nitrogens with zero attached hydrogens (tertiary/aromatic N) is 6. The Hall–Kier alpha value is -2.77. The van der Waals surface area contributed by atoms with E-state index in [0.29, 0.717) is 0 Å². The molecular weight excluding hydrogens is 364 g/mol. The lowest BCUT2D eigenvalue weighted by molar-refractivity contribution is 0.248. The summed E-state index contributed by atoms with van der Waals surface area (Å²) in [5, 5.41) is 13.8. The van der Waals surface area contributed by atoms with Crippen molar-refractivity contribution in [3.8, 4) is 11.3 Å². The van der Waals surface area contributed by atoms with Gasteiger partial charge in [-0.3, -0.25) is 14.6 Å². The molecule has 0 unspecified atom stereocenters. The minimum absolute atomic E-state index is 0.0471. The second-order valence-corrected chi connectivity index (χ2v) is 7.62. The maximum Gasteiger partial charge on any atom is 0.155 e. The molecular formula is C22H28N6O. The summed E-state index contributed by atoms with van der Waals surface area (Å²) in [6.45, 7) is 9.00. The van der Waals surface area contributed by atoms with Gasteiger partial charge in [-0.25, -0.2) is 4.98 Å². The highest BCUT2D eigenvalue weighted by atomic mass is 16.3. The summed E-state index contributed by atoms with van der Waals surface area (Å²) >= 11 is 0. The topological polar surface area (TPSA) is 70.3 Å². The Bertz CT molecular complexity index is 973. The average Bonchev–Trinajstić information content (AvgIpc) is 3.00. The van der Waals surface area contributed by atoms with Gasteiger partial charge in [-0.1, -0.05) is 24.3 Å². The Kier molecular flexibility index (Phi) is 5.60. The van der Waals surface area contributed by atoms with Crippen LogP contribution in [0.1, 0.15) is 22.5 Å². The Morgan fingerprint density at radius 3 is 2.28 bits per heavy atom. The van der Waals surface area contributed by atoms with Crippen molar-refractivity contribution in [2.45, 2.75) is 27.0 Å². The molecule has 152 valence electrons. The van der Waals surface area contributed by atoms with E-state index < -0.39 is 0 Å². The summed E-state index contributed by atoms with van der Waals surface area (Å²) < 4.78 is 1.97. The molecule has 0 bridgehead atoms. The SMILES string of the molecule is Cc1nn(C)c(C)c1CN1CCN(c2nccnc2-c2ccc(CO)cc2)CC1. The molecule has 1 fully saturated rings. The highest BCUT2D eigenvalue weighted by Gasteiger charge is 2.23. The molecule has 7 heteroatoms. The maximum atomic E-state index is 9.28. The predicted octanol–water partition coefficient (Wildman–Crippen LogP) is 2.31. The van der Waals surface area contributed by atoms with Crippen LogP contribution in [0.5, 0.6) is 0 Å². The number of anilines is 1. The van der Waals surface area contributed by atoms with Crippen LogP contribution in [-0.4, -0.2) is 55.9 Å². The van der Waals surface area contributed by atoms with Gasteiger partial charge >= 0.3 is 0 Å². The van der Waals surface area contributed by atoms with Crippen LogP contribution in [0.15, 0.2) is 36.7 Å². The van der Waals surface area contributed by atoms with Gasteiger partial charge in [-0.15, -0.1) is 0 Å². The van der Waals surface area contributed by atoms with Crippen molar-refractivity contribution >= 4 is 5.82 Å². The number of aryl methyl sites for hydroxylation is 2. The molecule has 3 heterocycles. The third kappa shape index (κ3) is 4.02. The Morgan fingerprint density at radius 2 is 1.66 bits per heavy atom. The van der Waals surface area contributed by atoms with Crippen molar-refractivity contribution in [3.05, 3.63) is 59.2 Å². The third-order valence-electron chi connectivity index (χ3n) is 5.80. The van der Waals surface area contributed by atoms with Crippen LogP contribution in [0.4, 0.5) is 5.82 Å². The van der Waals surface area contributed by atoms with Crippen molar-refractivity contribution < 1.29 is 5.11 Å². The van der Waals surface area contributed by atoms with E-state index in [1.165, 1.54) is 11.3 Å². The lowest BCUT2D eigenvalue weighted by atomic mass is 10.1. The van der Waals surface area contributed by atoms with Crippen LogP contribution in [-0.2, 0) is 20.2 Å². The van der Waals surface area contributed by atoms with Gasteiger partial charge in [0.1, 0.15) is 5.69 Å². The number of piperazine rings is 1. The lowest BCUT2D eigenvalue weighted by Gasteiger charge is -2.36. The largest absolute Gasteiger partial charge is 0.392 e. The number of hydrogen-bond donors (Lipinski definition) is 1. The monoisotopic (exact) mass is 392 g/mol. The number of rotatable bonds is 5. The molecule has 2 aromatic heterocycles. The van der Waals surface area contributed by atoms with Gasteiger partial charge < -0.3 is 10.0 Å². The normalized spacial score (nSPS) is 15.1. The van der Waals surface area contributed by atoms with Crippen LogP contribution >= 0.6 is 0 Å². The second kappa shape index (κ2) is 8.31. The van der Waals surface area contributed by atoms with E-state index in [-0.39, 0.29) is 6.61 Å². The minimum Gasteiger partial charge on any atom is -0.392 e. The van der Waals surface area contributed by atoms with E-state index in [0.717, 1.165) is 61.1 Å². The summed E-state index contributed by atoms with van der Waals surface area (Å²) in [7, 11) is 2.01. The van der Waals surface area contributed by atoms with Crippen molar-refractivity contribution in [1.29, 1.82) is 0 Å². The molecule has 0 aliphatic carbocycles. The zero-order chi connectivity index (χ0) is 20.4. The Balaban J connectivity index is 1.47.